The van der Waals surface area contributed by atoms with Crippen molar-refractivity contribution < 1.29 is 0 Å². The molecule has 0 radical (unpaired) electrons. The Morgan fingerprint density at radius 2 is 0.962 bits per heavy atom. The molecule has 4 nitrogen and oxygen atoms in total. The molecule has 0 amide bonds. The number of likely N-dealkylation sites (N-methyl/N-ethyl adjacent to an activating group) is 2. The molecule has 0 saturated carbocycles. The quantitative estimate of drug-likeness (QED) is 0.589. The summed E-state index contributed by atoms with van der Waals surface area (Å²) in [7, 11) is 4.55. The first-order valence-corrected chi connectivity index (χ1v) is 9.54. The van der Waals surface area contributed by atoms with Crippen LogP contribution in [0.3, 0.4) is 0 Å². The topological polar surface area (TPSA) is 30.5 Å². The lowest BCUT2D eigenvalue weighted by atomic mass is 10.0. The number of nitrogens with one attached hydrogen (secondary N) is 2. The third kappa shape index (κ3) is 8.57. The number of halogens is 4. The van der Waals surface area contributed by atoms with E-state index < -0.39 is 0 Å². The van der Waals surface area contributed by atoms with Gasteiger partial charge in [-0.15, -0.1) is 49.6 Å². The van der Waals surface area contributed by atoms with Crippen LogP contribution in [0.25, 0.3) is 0 Å². The number of hydrogen-bond acceptors (Lipinski definition) is 4. The van der Waals surface area contributed by atoms with Gasteiger partial charge in [0, 0.05) is 38.3 Å². The molecule has 0 aromatic heterocycles. The van der Waals surface area contributed by atoms with Crippen molar-refractivity contribution >= 4 is 49.6 Å². The van der Waals surface area contributed by atoms with Gasteiger partial charge in [-0.05, 0) is 64.7 Å². The van der Waals surface area contributed by atoms with Crippen LogP contribution < -0.4 is 10.6 Å². The second-order valence-corrected chi connectivity index (χ2v) is 8.10. The zero-order valence-electron chi connectivity index (χ0n) is 16.3. The molecule has 160 valence electrons. The van der Waals surface area contributed by atoms with Crippen LogP contribution in [0.1, 0.15) is 38.5 Å². The Morgan fingerprint density at radius 3 is 1.35 bits per heavy atom. The molecular weight excluding hydrogens is 414 g/mol. The standard InChI is InChI=1S/2C9H18N2.4ClH/c2*1-11-7-8-3-2-4-9(11)6-10-5-8;;;;/h2*8-10H,2-7H2,1H3;4*1H/t2*8-,9+;;;;/m10..../s1. The third-order valence-electron chi connectivity index (χ3n) is 6.26. The van der Waals surface area contributed by atoms with Gasteiger partial charge in [0.2, 0.25) is 0 Å². The van der Waals surface area contributed by atoms with Gasteiger partial charge in [-0.1, -0.05) is 12.8 Å². The van der Waals surface area contributed by atoms with Crippen molar-refractivity contribution in [3.05, 3.63) is 0 Å². The molecule has 4 bridgehead atoms. The molecule has 4 aliphatic heterocycles. The maximum Gasteiger partial charge on any atom is 0.0217 e. The Kier molecular flexibility index (Phi) is 16.8. The maximum absolute atomic E-state index is 3.54. The first-order valence-electron chi connectivity index (χ1n) is 9.54. The Morgan fingerprint density at radius 1 is 0.577 bits per heavy atom. The summed E-state index contributed by atoms with van der Waals surface area (Å²) in [5.74, 6) is 1.85. The first-order chi connectivity index (χ1) is 10.7. The number of nitrogens with zero attached hydrogens (tertiary/aromatic N) is 2. The Balaban J connectivity index is 0. The van der Waals surface area contributed by atoms with Crippen molar-refractivity contribution in [3.8, 4) is 0 Å². The molecule has 26 heavy (non-hydrogen) atoms. The van der Waals surface area contributed by atoms with Gasteiger partial charge in [0.05, 0.1) is 0 Å². The molecule has 2 N–H and O–H groups in total. The largest absolute Gasteiger partial charge is 0.315 e. The lowest BCUT2D eigenvalue weighted by Crippen LogP contribution is -2.36. The van der Waals surface area contributed by atoms with E-state index in [1.807, 2.05) is 0 Å². The van der Waals surface area contributed by atoms with Gasteiger partial charge in [-0.25, -0.2) is 0 Å². The SMILES string of the molecule is CN1C[C@@H]2CCC[C@H]1CNC2.CN1C[C@H]2CCC[C@@H]1CNC2.Cl.Cl.Cl.Cl. The molecule has 0 spiro atoms. The summed E-state index contributed by atoms with van der Waals surface area (Å²) in [4.78, 5) is 5.08. The monoisotopic (exact) mass is 452 g/mol. The summed E-state index contributed by atoms with van der Waals surface area (Å²) >= 11 is 0. The van der Waals surface area contributed by atoms with Gasteiger partial charge in [-0.2, -0.15) is 0 Å². The zero-order valence-corrected chi connectivity index (χ0v) is 19.6. The Labute approximate surface area is 185 Å². The molecule has 4 fully saturated rings. The van der Waals surface area contributed by atoms with E-state index in [1.165, 1.54) is 77.8 Å². The molecule has 4 rings (SSSR count). The fourth-order valence-corrected chi connectivity index (χ4v) is 4.78. The molecule has 4 heterocycles. The molecule has 0 aromatic rings. The van der Waals surface area contributed by atoms with E-state index in [9.17, 15) is 0 Å². The minimum absolute atomic E-state index is 0. The van der Waals surface area contributed by atoms with Gasteiger partial charge < -0.3 is 20.4 Å². The van der Waals surface area contributed by atoms with Crippen molar-refractivity contribution in [3.63, 3.8) is 0 Å². The van der Waals surface area contributed by atoms with Crippen molar-refractivity contribution in [2.75, 3.05) is 53.4 Å². The molecule has 4 saturated heterocycles. The highest BCUT2D eigenvalue weighted by Gasteiger charge is 2.26. The molecule has 0 aliphatic carbocycles. The normalized spacial score (nSPS) is 33.9. The van der Waals surface area contributed by atoms with Crippen LogP contribution in [0.5, 0.6) is 0 Å². The van der Waals surface area contributed by atoms with E-state index in [0.717, 1.165) is 23.9 Å². The first kappa shape index (κ1) is 29.2. The molecular formula is C18H40Cl4N4. The predicted octanol–water partition coefficient (Wildman–Crippen LogP) is 3.07. The number of rotatable bonds is 0. The summed E-state index contributed by atoms with van der Waals surface area (Å²) in [6.45, 7) is 7.57. The number of fused-ring (bicyclic) bond motifs is 6. The summed E-state index contributed by atoms with van der Waals surface area (Å²) < 4.78 is 0. The van der Waals surface area contributed by atoms with Crippen LogP contribution >= 0.6 is 49.6 Å². The summed E-state index contributed by atoms with van der Waals surface area (Å²) in [5.41, 5.74) is 0. The molecule has 4 aliphatic rings. The van der Waals surface area contributed by atoms with Crippen molar-refractivity contribution in [1.29, 1.82) is 0 Å². The van der Waals surface area contributed by atoms with Gasteiger partial charge in [0.15, 0.2) is 0 Å². The number of hydrogen-bond donors (Lipinski definition) is 2. The minimum atomic E-state index is 0. The fourth-order valence-electron chi connectivity index (χ4n) is 4.78. The van der Waals surface area contributed by atoms with Crippen LogP contribution in [0.2, 0.25) is 0 Å². The highest BCUT2D eigenvalue weighted by Crippen LogP contribution is 2.22. The molecule has 0 unspecified atom stereocenters. The minimum Gasteiger partial charge on any atom is -0.315 e. The predicted molar refractivity (Wildman–Crippen MR) is 122 cm³/mol. The summed E-state index contributed by atoms with van der Waals surface area (Å²) in [5, 5.41) is 7.08. The van der Waals surface area contributed by atoms with E-state index in [4.69, 9.17) is 0 Å². The van der Waals surface area contributed by atoms with Gasteiger partial charge in [0.1, 0.15) is 0 Å². The van der Waals surface area contributed by atoms with E-state index in [-0.39, 0.29) is 49.6 Å². The van der Waals surface area contributed by atoms with E-state index in [0.29, 0.717) is 0 Å². The van der Waals surface area contributed by atoms with E-state index >= 15 is 0 Å². The van der Waals surface area contributed by atoms with Gasteiger partial charge in [0.25, 0.3) is 0 Å². The second kappa shape index (κ2) is 14.9. The van der Waals surface area contributed by atoms with Gasteiger partial charge >= 0.3 is 0 Å². The highest BCUT2D eigenvalue weighted by atomic mass is 35.5. The lowest BCUT2D eigenvalue weighted by molar-refractivity contribution is 0.247. The van der Waals surface area contributed by atoms with Crippen LogP contribution in [0.15, 0.2) is 0 Å². The van der Waals surface area contributed by atoms with E-state index in [2.05, 4.69) is 34.5 Å². The third-order valence-corrected chi connectivity index (χ3v) is 6.26. The molecule has 8 heteroatoms. The molecule has 0 aromatic carbocycles. The average Bonchev–Trinajstić information content (AvgIpc) is 2.86. The van der Waals surface area contributed by atoms with Crippen LogP contribution in [0, 0.1) is 11.8 Å². The van der Waals surface area contributed by atoms with Crippen LogP contribution in [-0.2, 0) is 0 Å². The summed E-state index contributed by atoms with van der Waals surface area (Å²) in [6, 6.07) is 1.64. The average molecular weight is 454 g/mol. The smallest absolute Gasteiger partial charge is 0.0217 e. The van der Waals surface area contributed by atoms with Gasteiger partial charge in [-0.3, -0.25) is 0 Å². The maximum atomic E-state index is 3.54. The highest BCUT2D eigenvalue weighted by molar-refractivity contribution is 5.86. The fraction of sp³-hybridized carbons (Fsp3) is 1.00. The van der Waals surface area contributed by atoms with Crippen LogP contribution in [0.4, 0.5) is 0 Å². The van der Waals surface area contributed by atoms with Crippen molar-refractivity contribution in [1.82, 2.24) is 20.4 Å². The van der Waals surface area contributed by atoms with E-state index in [1.54, 1.807) is 0 Å². The summed E-state index contributed by atoms with van der Waals surface area (Å²) in [6.07, 6.45) is 8.57. The lowest BCUT2D eigenvalue weighted by Gasteiger charge is -2.23. The Bertz CT molecular complexity index is 299. The second-order valence-electron chi connectivity index (χ2n) is 8.10. The van der Waals surface area contributed by atoms with Crippen molar-refractivity contribution in [2.45, 2.75) is 50.6 Å². The zero-order chi connectivity index (χ0) is 15.4. The van der Waals surface area contributed by atoms with Crippen molar-refractivity contribution in [2.24, 2.45) is 11.8 Å². The molecule has 4 atom stereocenters. The van der Waals surface area contributed by atoms with Crippen LogP contribution in [-0.4, -0.2) is 75.2 Å². The Hall–Kier alpha value is 1.00.